The van der Waals surface area contributed by atoms with Crippen LogP contribution in [0.1, 0.15) is 17.2 Å². The highest BCUT2D eigenvalue weighted by Crippen LogP contribution is 2.29. The van der Waals surface area contributed by atoms with E-state index in [1.807, 2.05) is 0 Å². The van der Waals surface area contributed by atoms with Crippen molar-refractivity contribution in [2.45, 2.75) is 13.0 Å². The van der Waals surface area contributed by atoms with Crippen LogP contribution in [-0.2, 0) is 0 Å². The molecule has 0 aliphatic carbocycles. The van der Waals surface area contributed by atoms with E-state index in [-0.39, 0.29) is 17.0 Å². The number of nitrogens with zero attached hydrogens (tertiary/aromatic N) is 1. The molecule has 0 bridgehead atoms. The highest BCUT2D eigenvalue weighted by Gasteiger charge is 2.19. The minimum Gasteiger partial charge on any atom is -0.484 e. The fraction of sp³-hybridized carbons (Fsp3) is 0.200. The second kappa shape index (κ2) is 6.48. The van der Waals surface area contributed by atoms with Gasteiger partial charge in [-0.15, -0.1) is 0 Å². The van der Waals surface area contributed by atoms with E-state index in [0.717, 1.165) is 12.1 Å². The molecule has 0 fully saturated rings. The summed E-state index contributed by atoms with van der Waals surface area (Å²) in [5.41, 5.74) is 0.298. The van der Waals surface area contributed by atoms with Gasteiger partial charge in [-0.3, -0.25) is 10.1 Å². The Bertz CT molecular complexity index is 706. The number of ether oxygens (including phenoxy) is 1. The van der Waals surface area contributed by atoms with Crippen molar-refractivity contribution in [3.8, 4) is 5.75 Å². The van der Waals surface area contributed by atoms with Crippen molar-refractivity contribution in [3.63, 3.8) is 0 Å². The Morgan fingerprint density at radius 2 is 2.00 bits per heavy atom. The zero-order valence-corrected chi connectivity index (χ0v) is 11.6. The quantitative estimate of drug-likeness (QED) is 0.679. The van der Waals surface area contributed by atoms with E-state index >= 15 is 0 Å². The molecule has 5 nitrogen and oxygen atoms in total. The molecule has 0 spiro atoms. The van der Waals surface area contributed by atoms with Crippen LogP contribution < -0.4 is 4.74 Å². The lowest BCUT2D eigenvalue weighted by Crippen LogP contribution is -2.12. The van der Waals surface area contributed by atoms with Gasteiger partial charge in [-0.2, -0.15) is 0 Å². The maximum atomic E-state index is 13.5. The van der Waals surface area contributed by atoms with Crippen molar-refractivity contribution >= 4 is 5.69 Å². The topological polar surface area (TPSA) is 72.6 Å². The molecule has 0 aromatic heterocycles. The average Bonchev–Trinajstić information content (AvgIpc) is 2.45. The molecule has 0 saturated heterocycles. The van der Waals surface area contributed by atoms with Crippen LogP contribution in [0.2, 0.25) is 0 Å². The van der Waals surface area contributed by atoms with Gasteiger partial charge < -0.3 is 9.84 Å². The molecule has 1 atom stereocenters. The van der Waals surface area contributed by atoms with E-state index in [1.54, 1.807) is 13.0 Å². The van der Waals surface area contributed by atoms with Gasteiger partial charge in [-0.25, -0.2) is 8.78 Å². The normalized spacial score (nSPS) is 12.0. The third-order valence-corrected chi connectivity index (χ3v) is 3.03. The summed E-state index contributed by atoms with van der Waals surface area (Å²) in [6.45, 7) is 1.30. The number of aliphatic hydroxyl groups is 1. The molecule has 1 unspecified atom stereocenters. The Labute approximate surface area is 124 Å². The third kappa shape index (κ3) is 3.56. The molecule has 0 aliphatic rings. The standard InChI is InChI=1S/C15H13F2NO4/c1-9-2-5-15(13(6-9)18(20)21)22-8-14(19)11-4-3-10(16)7-12(11)17/h2-7,14,19H,8H2,1H3. The van der Waals surface area contributed by atoms with Gasteiger partial charge in [0, 0.05) is 17.7 Å². The van der Waals surface area contributed by atoms with Gasteiger partial charge in [0.25, 0.3) is 0 Å². The van der Waals surface area contributed by atoms with Crippen LogP contribution >= 0.6 is 0 Å². The lowest BCUT2D eigenvalue weighted by Gasteiger charge is -2.13. The number of nitro groups is 1. The maximum Gasteiger partial charge on any atom is 0.311 e. The van der Waals surface area contributed by atoms with Crippen LogP contribution in [0.5, 0.6) is 5.75 Å². The SMILES string of the molecule is Cc1ccc(OCC(O)c2ccc(F)cc2F)c([N+](=O)[O-])c1. The third-order valence-electron chi connectivity index (χ3n) is 3.03. The van der Waals surface area contributed by atoms with E-state index < -0.39 is 29.3 Å². The van der Waals surface area contributed by atoms with Crippen molar-refractivity contribution < 1.29 is 23.5 Å². The zero-order chi connectivity index (χ0) is 16.3. The summed E-state index contributed by atoms with van der Waals surface area (Å²) >= 11 is 0. The number of rotatable bonds is 5. The summed E-state index contributed by atoms with van der Waals surface area (Å²) in [4.78, 5) is 10.3. The molecule has 0 aliphatic heterocycles. The molecule has 0 radical (unpaired) electrons. The monoisotopic (exact) mass is 309 g/mol. The first kappa shape index (κ1) is 15.8. The molecular formula is C15H13F2NO4. The summed E-state index contributed by atoms with van der Waals surface area (Å²) < 4.78 is 31.5. The second-order valence-corrected chi connectivity index (χ2v) is 4.72. The van der Waals surface area contributed by atoms with Crippen LogP contribution in [0.25, 0.3) is 0 Å². The summed E-state index contributed by atoms with van der Waals surface area (Å²) in [5, 5.41) is 20.8. The van der Waals surface area contributed by atoms with Gasteiger partial charge in [-0.1, -0.05) is 12.1 Å². The number of nitro benzene ring substituents is 1. The molecule has 22 heavy (non-hydrogen) atoms. The molecular weight excluding hydrogens is 296 g/mol. The molecule has 0 amide bonds. The van der Waals surface area contributed by atoms with E-state index in [1.165, 1.54) is 12.1 Å². The molecule has 7 heteroatoms. The van der Waals surface area contributed by atoms with Crippen LogP contribution in [0.15, 0.2) is 36.4 Å². The molecule has 2 aromatic carbocycles. The van der Waals surface area contributed by atoms with Crippen molar-refractivity contribution in [1.29, 1.82) is 0 Å². The Morgan fingerprint density at radius 3 is 2.64 bits per heavy atom. The largest absolute Gasteiger partial charge is 0.484 e. The molecule has 2 aromatic rings. The average molecular weight is 309 g/mol. The summed E-state index contributed by atoms with van der Waals surface area (Å²) in [5.74, 6) is -1.70. The van der Waals surface area contributed by atoms with Crippen molar-refractivity contribution in [1.82, 2.24) is 0 Å². The lowest BCUT2D eigenvalue weighted by atomic mass is 10.1. The van der Waals surface area contributed by atoms with Crippen LogP contribution in [0, 0.1) is 28.7 Å². The van der Waals surface area contributed by atoms with Crippen molar-refractivity contribution in [3.05, 3.63) is 69.3 Å². The van der Waals surface area contributed by atoms with E-state index in [9.17, 15) is 24.0 Å². The minimum atomic E-state index is -1.37. The van der Waals surface area contributed by atoms with Crippen LogP contribution in [-0.4, -0.2) is 16.6 Å². The molecule has 1 N–H and O–H groups in total. The minimum absolute atomic E-state index is 0.0304. The zero-order valence-electron chi connectivity index (χ0n) is 11.6. The summed E-state index contributed by atoms with van der Waals surface area (Å²) in [7, 11) is 0. The number of halogens is 2. The molecule has 116 valence electrons. The fourth-order valence-electron chi connectivity index (χ4n) is 1.92. The first-order valence-corrected chi connectivity index (χ1v) is 6.39. The van der Waals surface area contributed by atoms with Gasteiger partial charge in [0.15, 0.2) is 5.75 Å². The predicted molar refractivity (Wildman–Crippen MR) is 74.6 cm³/mol. The van der Waals surface area contributed by atoms with Gasteiger partial charge in [0.05, 0.1) is 4.92 Å². The van der Waals surface area contributed by atoms with E-state index in [4.69, 9.17) is 4.74 Å². The molecule has 2 rings (SSSR count). The Morgan fingerprint density at radius 1 is 1.27 bits per heavy atom. The lowest BCUT2D eigenvalue weighted by molar-refractivity contribution is -0.386. The van der Waals surface area contributed by atoms with E-state index in [0.29, 0.717) is 11.6 Å². The maximum absolute atomic E-state index is 13.5. The Balaban J connectivity index is 2.14. The highest BCUT2D eigenvalue weighted by molar-refractivity contribution is 5.48. The Kier molecular flexibility index (Phi) is 4.67. The highest BCUT2D eigenvalue weighted by atomic mass is 19.1. The first-order valence-electron chi connectivity index (χ1n) is 6.39. The van der Waals surface area contributed by atoms with Gasteiger partial charge in [-0.05, 0) is 24.6 Å². The number of hydrogen-bond donors (Lipinski definition) is 1. The van der Waals surface area contributed by atoms with E-state index in [2.05, 4.69) is 0 Å². The second-order valence-electron chi connectivity index (χ2n) is 4.72. The van der Waals surface area contributed by atoms with Gasteiger partial charge in [0.1, 0.15) is 24.3 Å². The number of aryl methyl sites for hydroxylation is 1. The number of aliphatic hydroxyl groups excluding tert-OH is 1. The molecule has 0 saturated carbocycles. The molecule has 0 heterocycles. The van der Waals surface area contributed by atoms with Gasteiger partial charge >= 0.3 is 5.69 Å². The van der Waals surface area contributed by atoms with Crippen molar-refractivity contribution in [2.24, 2.45) is 0 Å². The first-order chi connectivity index (χ1) is 10.4. The van der Waals surface area contributed by atoms with Gasteiger partial charge in [0.2, 0.25) is 0 Å². The fourth-order valence-corrected chi connectivity index (χ4v) is 1.92. The number of hydrogen-bond acceptors (Lipinski definition) is 4. The number of benzene rings is 2. The van der Waals surface area contributed by atoms with Crippen molar-refractivity contribution in [2.75, 3.05) is 6.61 Å². The summed E-state index contributed by atoms with van der Waals surface area (Å²) in [6.07, 6.45) is -1.37. The predicted octanol–water partition coefficient (Wildman–Crippen LogP) is 3.29. The van der Waals surface area contributed by atoms with Crippen LogP contribution in [0.3, 0.4) is 0 Å². The van der Waals surface area contributed by atoms with Crippen LogP contribution in [0.4, 0.5) is 14.5 Å². The summed E-state index contributed by atoms with van der Waals surface area (Å²) in [6, 6.07) is 7.11. The Hall–Kier alpha value is -2.54. The smallest absolute Gasteiger partial charge is 0.311 e.